The molecule has 7 heteroatoms. The lowest BCUT2D eigenvalue weighted by atomic mass is 10.1. The minimum absolute atomic E-state index is 0.306. The minimum Gasteiger partial charge on any atom is -0.383 e. The molecule has 1 saturated heterocycles. The Morgan fingerprint density at radius 1 is 1.17 bits per heavy atom. The third kappa shape index (κ3) is 2.28. The molecule has 0 aliphatic carbocycles. The first-order valence-electron chi connectivity index (χ1n) is 7.64. The number of halogens is 1. The van der Waals surface area contributed by atoms with E-state index < -0.39 is 0 Å². The number of aromatic nitrogens is 4. The fraction of sp³-hybridized carbons (Fsp3) is 0.312. The highest BCUT2D eigenvalue weighted by Crippen LogP contribution is 2.32. The van der Waals surface area contributed by atoms with Gasteiger partial charge in [-0.25, -0.2) is 9.37 Å². The van der Waals surface area contributed by atoms with Crippen LogP contribution in [0.1, 0.15) is 12.8 Å². The maximum atomic E-state index is 13.7. The summed E-state index contributed by atoms with van der Waals surface area (Å²) in [6.07, 6.45) is 2.25. The molecule has 118 valence electrons. The Bertz CT molecular complexity index is 882. The number of fused-ring (bicyclic) bond motifs is 1. The van der Waals surface area contributed by atoms with E-state index in [0.717, 1.165) is 25.9 Å². The van der Waals surface area contributed by atoms with E-state index in [2.05, 4.69) is 20.0 Å². The molecule has 2 aromatic heterocycles. The predicted molar refractivity (Wildman–Crippen MR) is 87.6 cm³/mol. The summed E-state index contributed by atoms with van der Waals surface area (Å²) in [6.45, 7) is 1.85. The zero-order chi connectivity index (χ0) is 16.0. The summed E-state index contributed by atoms with van der Waals surface area (Å²) in [7, 11) is 1.77. The number of nitrogens with zero attached hydrogens (tertiary/aromatic N) is 5. The number of hydrogen-bond acceptors (Lipinski definition) is 5. The van der Waals surface area contributed by atoms with Gasteiger partial charge in [0.25, 0.3) is 0 Å². The third-order valence-electron chi connectivity index (χ3n) is 4.21. The van der Waals surface area contributed by atoms with Crippen LogP contribution >= 0.6 is 0 Å². The molecule has 1 fully saturated rings. The molecule has 3 heterocycles. The van der Waals surface area contributed by atoms with E-state index in [1.807, 2.05) is 6.07 Å². The number of aryl methyl sites for hydroxylation is 1. The molecule has 0 bridgehead atoms. The highest BCUT2D eigenvalue weighted by Gasteiger charge is 2.21. The summed E-state index contributed by atoms with van der Waals surface area (Å²) in [6, 6.07) is 6.36. The standard InChI is InChI=1S/C16H17FN6/c1-22-14(18)12-13(10-5-4-6-11(17)9-10)19-16(20-15(12)21-22)23-7-2-3-8-23/h4-6,9H,2-3,7-8,18H2,1H3. The zero-order valence-electron chi connectivity index (χ0n) is 12.8. The molecule has 4 rings (SSSR count). The topological polar surface area (TPSA) is 72.9 Å². The first-order valence-corrected chi connectivity index (χ1v) is 7.64. The molecule has 6 nitrogen and oxygen atoms in total. The summed E-state index contributed by atoms with van der Waals surface area (Å²) < 4.78 is 15.2. The van der Waals surface area contributed by atoms with Crippen LogP contribution in [0.15, 0.2) is 24.3 Å². The zero-order valence-corrected chi connectivity index (χ0v) is 12.8. The van der Waals surface area contributed by atoms with Crippen LogP contribution in [0.4, 0.5) is 16.2 Å². The largest absolute Gasteiger partial charge is 0.383 e. The van der Waals surface area contributed by atoms with E-state index in [9.17, 15) is 4.39 Å². The van der Waals surface area contributed by atoms with Crippen molar-refractivity contribution >= 4 is 22.8 Å². The van der Waals surface area contributed by atoms with Gasteiger partial charge in [0.05, 0.1) is 11.1 Å². The highest BCUT2D eigenvalue weighted by molar-refractivity contribution is 5.98. The predicted octanol–water partition coefficient (Wildman–Crippen LogP) is 2.35. The lowest BCUT2D eigenvalue weighted by Gasteiger charge is -2.16. The van der Waals surface area contributed by atoms with E-state index >= 15 is 0 Å². The summed E-state index contributed by atoms with van der Waals surface area (Å²) in [5.41, 5.74) is 7.98. The van der Waals surface area contributed by atoms with Gasteiger partial charge < -0.3 is 10.6 Å². The van der Waals surface area contributed by atoms with Gasteiger partial charge in [-0.1, -0.05) is 12.1 Å². The molecule has 0 unspecified atom stereocenters. The maximum absolute atomic E-state index is 13.7. The molecule has 23 heavy (non-hydrogen) atoms. The fourth-order valence-electron chi connectivity index (χ4n) is 3.01. The highest BCUT2D eigenvalue weighted by atomic mass is 19.1. The Morgan fingerprint density at radius 2 is 1.96 bits per heavy atom. The van der Waals surface area contributed by atoms with Gasteiger partial charge in [-0.3, -0.25) is 4.68 Å². The Balaban J connectivity index is 1.99. The number of rotatable bonds is 2. The van der Waals surface area contributed by atoms with E-state index in [-0.39, 0.29) is 5.82 Å². The molecule has 0 radical (unpaired) electrons. The molecular formula is C16H17FN6. The van der Waals surface area contributed by atoms with Gasteiger partial charge in [0, 0.05) is 25.7 Å². The molecule has 2 N–H and O–H groups in total. The third-order valence-corrected chi connectivity index (χ3v) is 4.21. The average molecular weight is 312 g/mol. The van der Waals surface area contributed by atoms with Crippen molar-refractivity contribution in [2.45, 2.75) is 12.8 Å². The van der Waals surface area contributed by atoms with Crippen molar-refractivity contribution in [2.75, 3.05) is 23.7 Å². The van der Waals surface area contributed by atoms with Crippen LogP contribution in [0, 0.1) is 5.82 Å². The van der Waals surface area contributed by atoms with E-state index in [1.165, 1.54) is 12.1 Å². The smallest absolute Gasteiger partial charge is 0.228 e. The average Bonchev–Trinajstić information content (AvgIpc) is 3.16. The second-order valence-corrected chi connectivity index (χ2v) is 5.78. The van der Waals surface area contributed by atoms with Crippen molar-refractivity contribution in [3.8, 4) is 11.3 Å². The quantitative estimate of drug-likeness (QED) is 0.786. The van der Waals surface area contributed by atoms with Gasteiger partial charge in [-0.15, -0.1) is 0 Å². The summed E-state index contributed by atoms with van der Waals surface area (Å²) >= 11 is 0. The van der Waals surface area contributed by atoms with Crippen LogP contribution < -0.4 is 10.6 Å². The molecule has 0 atom stereocenters. The maximum Gasteiger partial charge on any atom is 0.228 e. The van der Waals surface area contributed by atoms with Crippen molar-refractivity contribution in [2.24, 2.45) is 7.05 Å². The van der Waals surface area contributed by atoms with Crippen molar-refractivity contribution in [3.63, 3.8) is 0 Å². The van der Waals surface area contributed by atoms with Crippen LogP contribution in [-0.4, -0.2) is 32.8 Å². The molecule has 0 spiro atoms. The van der Waals surface area contributed by atoms with Crippen molar-refractivity contribution in [3.05, 3.63) is 30.1 Å². The Morgan fingerprint density at radius 3 is 2.70 bits per heavy atom. The van der Waals surface area contributed by atoms with Crippen LogP contribution in [-0.2, 0) is 7.05 Å². The lowest BCUT2D eigenvalue weighted by Crippen LogP contribution is -2.20. The van der Waals surface area contributed by atoms with Crippen LogP contribution in [0.3, 0.4) is 0 Å². The van der Waals surface area contributed by atoms with Gasteiger partial charge in [-0.05, 0) is 25.0 Å². The Labute approximate surface area is 132 Å². The minimum atomic E-state index is -0.306. The van der Waals surface area contributed by atoms with Crippen molar-refractivity contribution in [1.82, 2.24) is 19.7 Å². The lowest BCUT2D eigenvalue weighted by molar-refractivity contribution is 0.628. The summed E-state index contributed by atoms with van der Waals surface area (Å²) in [5, 5.41) is 5.04. The SMILES string of the molecule is Cn1nc2nc(N3CCCC3)nc(-c3cccc(F)c3)c2c1N. The number of hydrogen-bond donors (Lipinski definition) is 1. The molecular weight excluding hydrogens is 295 g/mol. The van der Waals surface area contributed by atoms with Gasteiger partial charge in [0.2, 0.25) is 5.95 Å². The monoisotopic (exact) mass is 312 g/mol. The molecule has 0 amide bonds. The molecule has 3 aromatic rings. The van der Waals surface area contributed by atoms with E-state index in [1.54, 1.807) is 17.8 Å². The molecule has 0 saturated carbocycles. The van der Waals surface area contributed by atoms with E-state index in [4.69, 9.17) is 5.73 Å². The van der Waals surface area contributed by atoms with Crippen molar-refractivity contribution < 1.29 is 4.39 Å². The first-order chi connectivity index (χ1) is 11.1. The first kappa shape index (κ1) is 13.9. The normalized spacial score (nSPS) is 14.8. The molecule has 1 aliphatic rings. The Hall–Kier alpha value is -2.70. The van der Waals surface area contributed by atoms with E-state index in [0.29, 0.717) is 34.1 Å². The Kier molecular flexibility index (Phi) is 3.14. The number of anilines is 2. The number of benzene rings is 1. The second-order valence-electron chi connectivity index (χ2n) is 5.78. The van der Waals surface area contributed by atoms with Crippen LogP contribution in [0.2, 0.25) is 0 Å². The van der Waals surface area contributed by atoms with Crippen LogP contribution in [0.25, 0.3) is 22.3 Å². The summed E-state index contributed by atoms with van der Waals surface area (Å²) in [4.78, 5) is 11.4. The van der Waals surface area contributed by atoms with Crippen LogP contribution in [0.5, 0.6) is 0 Å². The molecule has 1 aliphatic heterocycles. The van der Waals surface area contributed by atoms with Crippen molar-refractivity contribution in [1.29, 1.82) is 0 Å². The molecule has 1 aromatic carbocycles. The van der Waals surface area contributed by atoms with Gasteiger partial charge in [0.1, 0.15) is 11.6 Å². The van der Waals surface area contributed by atoms with Gasteiger partial charge in [0.15, 0.2) is 5.65 Å². The number of nitrogens with two attached hydrogens (primary N) is 1. The van der Waals surface area contributed by atoms with Gasteiger partial charge in [-0.2, -0.15) is 10.1 Å². The van der Waals surface area contributed by atoms with Gasteiger partial charge >= 0.3 is 0 Å². The summed E-state index contributed by atoms with van der Waals surface area (Å²) in [5.74, 6) is 0.805. The number of nitrogen functional groups attached to an aromatic ring is 1. The second kappa shape index (κ2) is 5.19. The fourth-order valence-corrected chi connectivity index (χ4v) is 3.01.